The second-order valence-electron chi connectivity index (χ2n) is 7.99. The predicted molar refractivity (Wildman–Crippen MR) is 82.8 cm³/mol. The molecular weight excluding hydrogens is 250 g/mol. The maximum atomic E-state index is 6.09. The summed E-state index contributed by atoms with van der Waals surface area (Å²) in [7, 11) is 0. The van der Waals surface area contributed by atoms with Gasteiger partial charge in [0.05, 0.1) is 12.7 Å². The van der Waals surface area contributed by atoms with Crippen LogP contribution in [0, 0.1) is 11.3 Å². The Morgan fingerprint density at radius 2 is 1.85 bits per heavy atom. The highest BCUT2D eigenvalue weighted by Crippen LogP contribution is 2.29. The summed E-state index contributed by atoms with van der Waals surface area (Å²) in [6.45, 7) is 13.6. The second kappa shape index (κ2) is 7.24. The SMILES string of the molecule is CC(CC1OCC(CN2CCCCC2)O1)CC(C)(C)C. The molecule has 20 heavy (non-hydrogen) atoms. The van der Waals surface area contributed by atoms with Crippen LogP contribution in [0.4, 0.5) is 0 Å². The second-order valence-corrected chi connectivity index (χ2v) is 7.99. The molecule has 2 aliphatic rings. The van der Waals surface area contributed by atoms with Crippen molar-refractivity contribution in [2.45, 2.75) is 72.2 Å². The van der Waals surface area contributed by atoms with E-state index in [1.807, 2.05) is 0 Å². The zero-order valence-electron chi connectivity index (χ0n) is 13.9. The smallest absolute Gasteiger partial charge is 0.158 e. The summed E-state index contributed by atoms with van der Waals surface area (Å²) in [6, 6.07) is 0. The first-order valence-corrected chi connectivity index (χ1v) is 8.42. The summed E-state index contributed by atoms with van der Waals surface area (Å²) in [5, 5.41) is 0. The van der Waals surface area contributed by atoms with Crippen LogP contribution < -0.4 is 0 Å². The average Bonchev–Trinajstić information content (AvgIpc) is 2.75. The van der Waals surface area contributed by atoms with E-state index >= 15 is 0 Å². The lowest BCUT2D eigenvalue weighted by atomic mass is 9.84. The van der Waals surface area contributed by atoms with Crippen molar-refractivity contribution >= 4 is 0 Å². The molecule has 0 bridgehead atoms. The monoisotopic (exact) mass is 283 g/mol. The summed E-state index contributed by atoms with van der Waals surface area (Å²) in [5.74, 6) is 0.661. The van der Waals surface area contributed by atoms with Gasteiger partial charge in [-0.15, -0.1) is 0 Å². The third-order valence-corrected chi connectivity index (χ3v) is 4.28. The van der Waals surface area contributed by atoms with Gasteiger partial charge in [-0.2, -0.15) is 0 Å². The normalized spacial score (nSPS) is 30.6. The maximum Gasteiger partial charge on any atom is 0.158 e. The van der Waals surface area contributed by atoms with Gasteiger partial charge < -0.3 is 14.4 Å². The molecule has 0 aromatic heterocycles. The van der Waals surface area contributed by atoms with E-state index in [0.717, 1.165) is 19.6 Å². The molecule has 0 spiro atoms. The van der Waals surface area contributed by atoms with E-state index < -0.39 is 0 Å². The van der Waals surface area contributed by atoms with Crippen molar-refractivity contribution in [3.05, 3.63) is 0 Å². The fourth-order valence-electron chi connectivity index (χ4n) is 3.61. The fourth-order valence-corrected chi connectivity index (χ4v) is 3.61. The van der Waals surface area contributed by atoms with Crippen LogP contribution in [0.15, 0.2) is 0 Å². The van der Waals surface area contributed by atoms with Crippen LogP contribution >= 0.6 is 0 Å². The van der Waals surface area contributed by atoms with E-state index in [1.165, 1.54) is 38.8 Å². The van der Waals surface area contributed by atoms with Crippen LogP contribution in [-0.4, -0.2) is 43.5 Å². The molecule has 2 fully saturated rings. The minimum atomic E-state index is 0.0298. The average molecular weight is 283 g/mol. The highest BCUT2D eigenvalue weighted by Gasteiger charge is 2.29. The van der Waals surface area contributed by atoms with Crippen LogP contribution in [0.3, 0.4) is 0 Å². The van der Waals surface area contributed by atoms with Gasteiger partial charge >= 0.3 is 0 Å². The Hall–Kier alpha value is -0.120. The quantitative estimate of drug-likeness (QED) is 0.768. The van der Waals surface area contributed by atoms with Crippen molar-refractivity contribution in [2.24, 2.45) is 11.3 Å². The van der Waals surface area contributed by atoms with Gasteiger partial charge in [0.2, 0.25) is 0 Å². The highest BCUT2D eigenvalue weighted by atomic mass is 16.7. The highest BCUT2D eigenvalue weighted by molar-refractivity contribution is 4.75. The molecule has 0 aromatic carbocycles. The van der Waals surface area contributed by atoms with E-state index in [2.05, 4.69) is 32.6 Å². The number of piperidine rings is 1. The molecule has 2 saturated heterocycles. The zero-order chi connectivity index (χ0) is 14.6. The Bertz CT molecular complexity index is 281. The molecule has 3 atom stereocenters. The third-order valence-electron chi connectivity index (χ3n) is 4.28. The minimum Gasteiger partial charge on any atom is -0.350 e. The molecule has 0 aromatic rings. The van der Waals surface area contributed by atoms with Gasteiger partial charge in [0, 0.05) is 13.0 Å². The van der Waals surface area contributed by atoms with E-state index in [1.54, 1.807) is 0 Å². The topological polar surface area (TPSA) is 21.7 Å². The van der Waals surface area contributed by atoms with E-state index in [0.29, 0.717) is 17.4 Å². The summed E-state index contributed by atoms with van der Waals surface area (Å²) in [6.07, 6.45) is 6.67. The standard InChI is InChI=1S/C17H33NO2/c1-14(11-17(2,3)4)10-16-19-13-15(20-16)12-18-8-6-5-7-9-18/h14-16H,5-13H2,1-4H3. The molecule has 0 radical (unpaired) electrons. The number of likely N-dealkylation sites (tertiary alicyclic amines) is 1. The summed E-state index contributed by atoms with van der Waals surface area (Å²) < 4.78 is 11.9. The first-order valence-electron chi connectivity index (χ1n) is 8.42. The Morgan fingerprint density at radius 1 is 1.15 bits per heavy atom. The van der Waals surface area contributed by atoms with Gasteiger partial charge in [-0.3, -0.25) is 0 Å². The van der Waals surface area contributed by atoms with Crippen molar-refractivity contribution in [1.29, 1.82) is 0 Å². The Kier molecular flexibility index (Phi) is 5.88. The molecule has 3 unspecified atom stereocenters. The van der Waals surface area contributed by atoms with Gasteiger partial charge in [-0.1, -0.05) is 34.1 Å². The number of ether oxygens (including phenoxy) is 2. The third kappa shape index (κ3) is 5.71. The lowest BCUT2D eigenvalue weighted by molar-refractivity contribution is -0.0762. The van der Waals surface area contributed by atoms with Crippen LogP contribution in [0.5, 0.6) is 0 Å². The van der Waals surface area contributed by atoms with Crippen molar-refractivity contribution in [2.75, 3.05) is 26.2 Å². The number of rotatable bonds is 5. The number of hydrogen-bond acceptors (Lipinski definition) is 3. The lowest BCUT2D eigenvalue weighted by Gasteiger charge is -2.28. The number of hydrogen-bond donors (Lipinski definition) is 0. The fraction of sp³-hybridized carbons (Fsp3) is 1.00. The Morgan fingerprint density at radius 3 is 2.50 bits per heavy atom. The molecule has 3 nitrogen and oxygen atoms in total. The molecule has 2 heterocycles. The van der Waals surface area contributed by atoms with Gasteiger partial charge in [0.1, 0.15) is 0 Å². The van der Waals surface area contributed by atoms with Crippen molar-refractivity contribution < 1.29 is 9.47 Å². The molecule has 0 amide bonds. The van der Waals surface area contributed by atoms with Crippen molar-refractivity contribution in [3.8, 4) is 0 Å². The summed E-state index contributed by atoms with van der Waals surface area (Å²) in [5.41, 5.74) is 0.394. The van der Waals surface area contributed by atoms with Gasteiger partial charge in [-0.05, 0) is 43.7 Å². The van der Waals surface area contributed by atoms with E-state index in [9.17, 15) is 0 Å². The van der Waals surface area contributed by atoms with Crippen LogP contribution in [-0.2, 0) is 9.47 Å². The van der Waals surface area contributed by atoms with Gasteiger partial charge in [0.25, 0.3) is 0 Å². The van der Waals surface area contributed by atoms with Crippen molar-refractivity contribution in [3.63, 3.8) is 0 Å². The largest absolute Gasteiger partial charge is 0.350 e. The molecule has 3 heteroatoms. The Labute approximate surface area is 125 Å². The van der Waals surface area contributed by atoms with Crippen LogP contribution in [0.2, 0.25) is 0 Å². The van der Waals surface area contributed by atoms with Gasteiger partial charge in [-0.25, -0.2) is 0 Å². The minimum absolute atomic E-state index is 0.0298. The van der Waals surface area contributed by atoms with E-state index in [-0.39, 0.29) is 6.29 Å². The maximum absolute atomic E-state index is 6.09. The molecule has 0 aliphatic carbocycles. The first kappa shape index (κ1) is 16.3. The molecule has 0 N–H and O–H groups in total. The van der Waals surface area contributed by atoms with E-state index in [4.69, 9.17) is 9.47 Å². The summed E-state index contributed by atoms with van der Waals surface area (Å²) in [4.78, 5) is 2.54. The lowest BCUT2D eigenvalue weighted by Crippen LogP contribution is -2.37. The Balaban J connectivity index is 1.66. The molecule has 2 rings (SSSR count). The number of nitrogens with zero attached hydrogens (tertiary/aromatic N) is 1. The van der Waals surface area contributed by atoms with Crippen LogP contribution in [0.25, 0.3) is 0 Å². The van der Waals surface area contributed by atoms with Crippen molar-refractivity contribution in [1.82, 2.24) is 4.90 Å². The predicted octanol–water partition coefficient (Wildman–Crippen LogP) is 3.68. The summed E-state index contributed by atoms with van der Waals surface area (Å²) >= 11 is 0. The first-order chi connectivity index (χ1) is 9.42. The molecule has 0 saturated carbocycles. The zero-order valence-corrected chi connectivity index (χ0v) is 13.9. The molecular formula is C17H33NO2. The molecule has 118 valence electrons. The molecule has 2 aliphatic heterocycles. The van der Waals surface area contributed by atoms with Gasteiger partial charge in [0.15, 0.2) is 6.29 Å². The van der Waals surface area contributed by atoms with Crippen LogP contribution in [0.1, 0.15) is 59.8 Å².